The zero-order chi connectivity index (χ0) is 20.4. The van der Waals surface area contributed by atoms with Crippen molar-refractivity contribution in [1.82, 2.24) is 0 Å². The summed E-state index contributed by atoms with van der Waals surface area (Å²) >= 11 is 0. The molecule has 0 atom stereocenters. The summed E-state index contributed by atoms with van der Waals surface area (Å²) in [6.07, 6.45) is 1.04. The van der Waals surface area contributed by atoms with E-state index in [1.54, 1.807) is 48.5 Å². The Balaban J connectivity index is 1.94. The summed E-state index contributed by atoms with van der Waals surface area (Å²) < 4.78 is 50.9. The van der Waals surface area contributed by atoms with E-state index in [-0.39, 0.29) is 26.8 Å². The zero-order valence-electron chi connectivity index (χ0n) is 14.9. The summed E-state index contributed by atoms with van der Waals surface area (Å²) in [4.78, 5) is 12.7. The molecular formula is C20H17NO5S2. The minimum atomic E-state index is -4.01. The van der Waals surface area contributed by atoms with Crippen molar-refractivity contribution >= 4 is 31.3 Å². The van der Waals surface area contributed by atoms with E-state index in [4.69, 9.17) is 0 Å². The van der Waals surface area contributed by atoms with Crippen molar-refractivity contribution in [2.45, 2.75) is 9.79 Å². The van der Waals surface area contributed by atoms with Crippen LogP contribution in [-0.2, 0) is 19.9 Å². The largest absolute Gasteiger partial charge is 0.289 e. The molecule has 3 aromatic rings. The second-order valence-corrected chi connectivity index (χ2v) is 9.79. The van der Waals surface area contributed by atoms with Crippen LogP contribution in [0, 0.1) is 0 Å². The van der Waals surface area contributed by atoms with Gasteiger partial charge in [-0.3, -0.25) is 9.52 Å². The topological polar surface area (TPSA) is 97.4 Å². The fraction of sp³-hybridized carbons (Fsp3) is 0.0500. The molecule has 6 nitrogen and oxygen atoms in total. The van der Waals surface area contributed by atoms with Crippen molar-refractivity contribution in [3.8, 4) is 0 Å². The average Bonchev–Trinajstić information content (AvgIpc) is 2.68. The summed E-state index contributed by atoms with van der Waals surface area (Å²) in [5.41, 5.74) is 0.792. The van der Waals surface area contributed by atoms with E-state index in [2.05, 4.69) is 4.72 Å². The first-order chi connectivity index (χ1) is 13.2. The molecule has 3 rings (SSSR count). The van der Waals surface area contributed by atoms with Crippen LogP contribution >= 0.6 is 0 Å². The molecule has 0 spiro atoms. The van der Waals surface area contributed by atoms with Crippen LogP contribution in [0.25, 0.3) is 0 Å². The second-order valence-electron chi connectivity index (χ2n) is 6.09. The van der Waals surface area contributed by atoms with Gasteiger partial charge in [0.05, 0.1) is 15.5 Å². The van der Waals surface area contributed by atoms with E-state index in [1.807, 2.05) is 0 Å². The third-order valence-corrected chi connectivity index (χ3v) is 6.52. The minimum Gasteiger partial charge on any atom is -0.289 e. The SMILES string of the molecule is CS(=O)(=O)c1ccc(S(=O)(=O)Nc2ccccc2C(=O)c2ccccc2)cc1. The molecule has 0 aromatic heterocycles. The smallest absolute Gasteiger partial charge is 0.261 e. The molecule has 1 N–H and O–H groups in total. The standard InChI is InChI=1S/C20H17NO5S2/c1-27(23,24)16-11-13-17(14-12-16)28(25,26)21-19-10-6-5-9-18(19)20(22)15-7-3-2-4-8-15/h2-14,21H,1H3. The average molecular weight is 415 g/mol. The highest BCUT2D eigenvalue weighted by Crippen LogP contribution is 2.23. The molecule has 0 bridgehead atoms. The van der Waals surface area contributed by atoms with Gasteiger partial charge in [-0.15, -0.1) is 0 Å². The lowest BCUT2D eigenvalue weighted by Gasteiger charge is -2.12. The predicted molar refractivity (Wildman–Crippen MR) is 107 cm³/mol. The van der Waals surface area contributed by atoms with Crippen LogP contribution in [0.1, 0.15) is 15.9 Å². The number of carbonyl (C=O) groups is 1. The van der Waals surface area contributed by atoms with Gasteiger partial charge in [0, 0.05) is 17.4 Å². The number of hydrogen-bond donors (Lipinski definition) is 1. The fourth-order valence-electron chi connectivity index (χ4n) is 2.58. The van der Waals surface area contributed by atoms with Crippen molar-refractivity contribution in [3.05, 3.63) is 90.0 Å². The van der Waals surface area contributed by atoms with Crippen LogP contribution in [0.2, 0.25) is 0 Å². The molecule has 0 fully saturated rings. The van der Waals surface area contributed by atoms with Crippen LogP contribution in [0.15, 0.2) is 88.7 Å². The molecule has 3 aromatic carbocycles. The molecule has 28 heavy (non-hydrogen) atoms. The van der Waals surface area contributed by atoms with Gasteiger partial charge in [0.25, 0.3) is 10.0 Å². The molecule has 0 saturated heterocycles. The molecule has 0 aliphatic carbocycles. The van der Waals surface area contributed by atoms with Gasteiger partial charge < -0.3 is 0 Å². The summed E-state index contributed by atoms with van der Waals surface area (Å²) in [6.45, 7) is 0. The Labute approximate surface area is 163 Å². The van der Waals surface area contributed by atoms with E-state index in [0.717, 1.165) is 6.26 Å². The highest BCUT2D eigenvalue weighted by Gasteiger charge is 2.20. The lowest BCUT2D eigenvalue weighted by atomic mass is 10.0. The molecule has 0 radical (unpaired) electrons. The lowest BCUT2D eigenvalue weighted by Crippen LogP contribution is -2.16. The molecule has 0 heterocycles. The molecular weight excluding hydrogens is 398 g/mol. The molecule has 0 unspecified atom stereocenters. The first-order valence-corrected chi connectivity index (χ1v) is 11.6. The van der Waals surface area contributed by atoms with Gasteiger partial charge in [-0.05, 0) is 36.4 Å². The number of nitrogens with one attached hydrogen (secondary N) is 1. The Hall–Kier alpha value is -2.97. The maximum absolute atomic E-state index is 12.7. The summed E-state index contributed by atoms with van der Waals surface area (Å²) in [5, 5.41) is 0. The van der Waals surface area contributed by atoms with Crippen LogP contribution in [0.3, 0.4) is 0 Å². The minimum absolute atomic E-state index is 0.0195. The number of anilines is 1. The van der Waals surface area contributed by atoms with Gasteiger partial charge in [0.1, 0.15) is 0 Å². The molecule has 0 saturated carbocycles. The number of hydrogen-bond acceptors (Lipinski definition) is 5. The zero-order valence-corrected chi connectivity index (χ0v) is 16.5. The van der Waals surface area contributed by atoms with Gasteiger partial charge >= 0.3 is 0 Å². The first-order valence-electron chi connectivity index (χ1n) is 8.20. The quantitative estimate of drug-likeness (QED) is 0.624. The van der Waals surface area contributed by atoms with Crippen LogP contribution in [0.4, 0.5) is 5.69 Å². The number of benzene rings is 3. The Bertz CT molecular complexity index is 1220. The van der Waals surface area contributed by atoms with Crippen molar-refractivity contribution in [1.29, 1.82) is 0 Å². The van der Waals surface area contributed by atoms with Gasteiger partial charge in [-0.1, -0.05) is 42.5 Å². The Kier molecular flexibility index (Phi) is 5.35. The van der Waals surface area contributed by atoms with Crippen LogP contribution in [-0.4, -0.2) is 28.9 Å². The highest BCUT2D eigenvalue weighted by molar-refractivity contribution is 7.92. The molecule has 0 aliphatic rings. The van der Waals surface area contributed by atoms with E-state index >= 15 is 0 Å². The summed E-state index contributed by atoms with van der Waals surface area (Å²) in [7, 11) is -7.44. The van der Waals surface area contributed by atoms with E-state index in [0.29, 0.717) is 5.56 Å². The van der Waals surface area contributed by atoms with Crippen molar-refractivity contribution in [2.24, 2.45) is 0 Å². The van der Waals surface area contributed by atoms with Gasteiger partial charge in [-0.2, -0.15) is 0 Å². The maximum atomic E-state index is 12.7. The molecule has 144 valence electrons. The van der Waals surface area contributed by atoms with E-state index < -0.39 is 19.9 Å². The Morgan fingerprint density at radius 1 is 0.714 bits per heavy atom. The van der Waals surface area contributed by atoms with Crippen molar-refractivity contribution < 1.29 is 21.6 Å². The highest BCUT2D eigenvalue weighted by atomic mass is 32.2. The summed E-state index contributed by atoms with van der Waals surface area (Å²) in [5.74, 6) is -0.314. The summed E-state index contributed by atoms with van der Waals surface area (Å²) in [6, 6.07) is 19.7. The van der Waals surface area contributed by atoms with E-state index in [9.17, 15) is 21.6 Å². The predicted octanol–water partition coefficient (Wildman–Crippen LogP) is 3.12. The third-order valence-electron chi connectivity index (χ3n) is 4.01. The Morgan fingerprint density at radius 2 is 1.25 bits per heavy atom. The van der Waals surface area contributed by atoms with Gasteiger partial charge in [0.15, 0.2) is 15.6 Å². The number of ketones is 1. The normalized spacial score (nSPS) is 11.8. The maximum Gasteiger partial charge on any atom is 0.261 e. The lowest BCUT2D eigenvalue weighted by molar-refractivity contribution is 0.103. The van der Waals surface area contributed by atoms with Crippen LogP contribution < -0.4 is 4.72 Å². The van der Waals surface area contributed by atoms with E-state index in [1.165, 1.54) is 30.3 Å². The molecule has 8 heteroatoms. The van der Waals surface area contributed by atoms with Gasteiger partial charge in [0.2, 0.25) is 0 Å². The first kappa shape index (κ1) is 19.8. The second kappa shape index (κ2) is 7.57. The number of sulfone groups is 1. The molecule has 0 aliphatic heterocycles. The van der Waals surface area contributed by atoms with Crippen molar-refractivity contribution in [2.75, 3.05) is 11.0 Å². The van der Waals surface area contributed by atoms with Crippen molar-refractivity contribution in [3.63, 3.8) is 0 Å². The number of rotatable bonds is 6. The number of para-hydroxylation sites is 1. The van der Waals surface area contributed by atoms with Gasteiger partial charge in [-0.25, -0.2) is 16.8 Å². The fourth-order valence-corrected chi connectivity index (χ4v) is 4.30. The Morgan fingerprint density at radius 3 is 1.86 bits per heavy atom. The van der Waals surface area contributed by atoms with Crippen LogP contribution in [0.5, 0.6) is 0 Å². The molecule has 0 amide bonds. The number of sulfonamides is 1. The monoisotopic (exact) mass is 415 g/mol. The number of carbonyl (C=O) groups excluding carboxylic acids is 1. The third kappa shape index (κ3) is 4.29.